The molecule has 0 saturated carbocycles. The predicted molar refractivity (Wildman–Crippen MR) is 103 cm³/mol. The van der Waals surface area contributed by atoms with E-state index in [2.05, 4.69) is 24.3 Å². The Morgan fingerprint density at radius 3 is 2.33 bits per heavy atom. The molecule has 0 unspecified atom stereocenters. The third-order valence-corrected chi connectivity index (χ3v) is 4.69. The molecule has 8 heteroatoms. The second-order valence-electron chi connectivity index (χ2n) is 6.44. The van der Waals surface area contributed by atoms with Gasteiger partial charge < -0.3 is 9.80 Å². The van der Waals surface area contributed by atoms with Crippen LogP contribution in [-0.2, 0) is 0 Å². The Hall–Kier alpha value is -3.26. The van der Waals surface area contributed by atoms with Crippen LogP contribution in [-0.4, -0.2) is 42.6 Å². The lowest BCUT2D eigenvalue weighted by atomic mass is 10.2. The molecule has 2 aromatic carbocycles. The molecule has 0 atom stereocenters. The van der Waals surface area contributed by atoms with Crippen LogP contribution in [0.15, 0.2) is 54.6 Å². The van der Waals surface area contributed by atoms with Crippen LogP contribution < -0.4 is 9.80 Å². The highest BCUT2D eigenvalue weighted by Crippen LogP contribution is 2.31. The molecule has 27 heavy (non-hydrogen) atoms. The molecule has 3 rings (SSSR count). The molecule has 8 nitrogen and oxygen atoms in total. The summed E-state index contributed by atoms with van der Waals surface area (Å²) >= 11 is 0. The monoisotopic (exact) mass is 369 g/mol. The molecule has 0 bridgehead atoms. The molecule has 1 fully saturated rings. The van der Waals surface area contributed by atoms with Gasteiger partial charge in [0.1, 0.15) is 5.69 Å². The number of nitro benzene ring substituents is 2. The van der Waals surface area contributed by atoms with Gasteiger partial charge in [0.25, 0.3) is 11.4 Å². The van der Waals surface area contributed by atoms with Crippen molar-refractivity contribution >= 4 is 23.1 Å². The summed E-state index contributed by atoms with van der Waals surface area (Å²) < 4.78 is 0. The Morgan fingerprint density at radius 2 is 1.70 bits per heavy atom. The zero-order valence-electron chi connectivity index (χ0n) is 14.8. The standard InChI is InChI=1S/C19H20N4O4/c24-22(25)17-8-9-18(19(15-17)23(26)27)21-13-11-20(12-14-21)10-4-7-16-5-2-1-3-6-16/h1-9,15H,10-14H2/p+1/b7-4+. The highest BCUT2D eigenvalue weighted by molar-refractivity contribution is 5.67. The number of non-ortho nitro benzene ring substituents is 1. The highest BCUT2D eigenvalue weighted by Gasteiger charge is 2.27. The molecule has 0 radical (unpaired) electrons. The minimum atomic E-state index is -0.613. The zero-order chi connectivity index (χ0) is 19.2. The number of quaternary nitrogens is 1. The fourth-order valence-electron chi connectivity index (χ4n) is 3.23. The van der Waals surface area contributed by atoms with Crippen molar-refractivity contribution in [2.75, 3.05) is 37.6 Å². The molecule has 0 spiro atoms. The number of nitrogens with zero attached hydrogens (tertiary/aromatic N) is 3. The maximum absolute atomic E-state index is 11.3. The topological polar surface area (TPSA) is 94.0 Å². The molecule has 1 aliphatic rings. The van der Waals surface area contributed by atoms with E-state index in [-0.39, 0.29) is 11.4 Å². The lowest BCUT2D eigenvalue weighted by Gasteiger charge is -2.32. The van der Waals surface area contributed by atoms with E-state index in [0.29, 0.717) is 18.8 Å². The normalized spacial score (nSPS) is 15.2. The molecular formula is C19H21N4O4+. The fraction of sp³-hybridized carbons (Fsp3) is 0.263. The highest BCUT2D eigenvalue weighted by atomic mass is 16.6. The van der Waals surface area contributed by atoms with E-state index in [9.17, 15) is 20.2 Å². The second-order valence-corrected chi connectivity index (χ2v) is 6.44. The first-order valence-electron chi connectivity index (χ1n) is 8.77. The van der Waals surface area contributed by atoms with Crippen molar-refractivity contribution in [2.45, 2.75) is 0 Å². The summed E-state index contributed by atoms with van der Waals surface area (Å²) in [6.07, 6.45) is 4.25. The van der Waals surface area contributed by atoms with E-state index in [4.69, 9.17) is 0 Å². The van der Waals surface area contributed by atoms with Gasteiger partial charge in [-0.15, -0.1) is 0 Å². The largest absolute Gasteiger partial charge is 0.355 e. The number of benzene rings is 2. The van der Waals surface area contributed by atoms with E-state index >= 15 is 0 Å². The quantitative estimate of drug-likeness (QED) is 0.620. The van der Waals surface area contributed by atoms with Crippen LogP contribution in [0.5, 0.6) is 0 Å². The van der Waals surface area contributed by atoms with Crippen molar-refractivity contribution in [1.29, 1.82) is 0 Å². The van der Waals surface area contributed by atoms with Crippen LogP contribution in [0.1, 0.15) is 5.56 Å². The van der Waals surface area contributed by atoms with Crippen LogP contribution in [0.4, 0.5) is 17.1 Å². The third-order valence-electron chi connectivity index (χ3n) is 4.69. The number of nitrogens with one attached hydrogen (secondary N) is 1. The molecule has 140 valence electrons. The molecule has 2 aromatic rings. The lowest BCUT2D eigenvalue weighted by Crippen LogP contribution is -3.14. The van der Waals surface area contributed by atoms with Crippen LogP contribution >= 0.6 is 0 Å². The molecule has 0 aromatic heterocycles. The Bertz CT molecular complexity index is 846. The third kappa shape index (κ3) is 4.68. The molecule has 0 aliphatic carbocycles. The number of hydrogen-bond donors (Lipinski definition) is 1. The van der Waals surface area contributed by atoms with Crippen LogP contribution in [0.3, 0.4) is 0 Å². The smallest absolute Gasteiger partial charge is 0.299 e. The predicted octanol–water partition coefficient (Wildman–Crippen LogP) is 1.92. The van der Waals surface area contributed by atoms with Crippen LogP contribution in [0.25, 0.3) is 6.08 Å². The van der Waals surface area contributed by atoms with Gasteiger partial charge in [-0.3, -0.25) is 20.2 Å². The Labute approximate surface area is 156 Å². The van der Waals surface area contributed by atoms with Gasteiger partial charge in [-0.25, -0.2) is 0 Å². The van der Waals surface area contributed by atoms with Gasteiger partial charge in [-0.05, 0) is 17.7 Å². The SMILES string of the molecule is O=[N+]([O-])c1ccc(N2CC[NH+](C/C=C/c3ccccc3)CC2)c([N+](=O)[O-])c1. The first-order chi connectivity index (χ1) is 13.0. The summed E-state index contributed by atoms with van der Waals surface area (Å²) in [6, 6.07) is 13.9. The van der Waals surface area contributed by atoms with E-state index in [1.807, 2.05) is 23.1 Å². The summed E-state index contributed by atoms with van der Waals surface area (Å²) in [4.78, 5) is 24.4. The van der Waals surface area contributed by atoms with Gasteiger partial charge in [-0.1, -0.05) is 36.4 Å². The number of anilines is 1. The summed E-state index contributed by atoms with van der Waals surface area (Å²) in [5.41, 5.74) is 1.14. The maximum Gasteiger partial charge on any atom is 0.299 e. The van der Waals surface area contributed by atoms with Gasteiger partial charge in [0.15, 0.2) is 0 Å². The van der Waals surface area contributed by atoms with Crippen LogP contribution in [0, 0.1) is 20.2 Å². The summed E-state index contributed by atoms with van der Waals surface area (Å²) in [7, 11) is 0. The molecule has 1 aliphatic heterocycles. The first kappa shape index (κ1) is 18.5. The summed E-state index contributed by atoms with van der Waals surface area (Å²) in [5.74, 6) is 0. The lowest BCUT2D eigenvalue weighted by molar-refractivity contribution is -0.894. The van der Waals surface area contributed by atoms with Gasteiger partial charge in [0.2, 0.25) is 0 Å². The molecule has 1 heterocycles. The van der Waals surface area contributed by atoms with Crippen LogP contribution in [0.2, 0.25) is 0 Å². The number of piperazine rings is 1. The first-order valence-corrected chi connectivity index (χ1v) is 8.77. The van der Waals surface area contributed by atoms with Crippen molar-refractivity contribution in [3.05, 3.63) is 80.4 Å². The number of hydrogen-bond acceptors (Lipinski definition) is 5. The summed E-state index contributed by atoms with van der Waals surface area (Å²) in [5, 5.41) is 22.2. The molecular weight excluding hydrogens is 348 g/mol. The van der Waals surface area contributed by atoms with E-state index in [0.717, 1.165) is 31.3 Å². The van der Waals surface area contributed by atoms with Gasteiger partial charge in [0, 0.05) is 6.07 Å². The van der Waals surface area contributed by atoms with Gasteiger partial charge >= 0.3 is 0 Å². The van der Waals surface area contributed by atoms with Crippen molar-refractivity contribution in [3.63, 3.8) is 0 Å². The molecule has 1 N–H and O–H groups in total. The maximum atomic E-state index is 11.3. The van der Waals surface area contributed by atoms with Gasteiger partial charge in [0.05, 0.1) is 48.6 Å². The average molecular weight is 369 g/mol. The van der Waals surface area contributed by atoms with Crippen molar-refractivity contribution in [2.24, 2.45) is 0 Å². The zero-order valence-corrected chi connectivity index (χ0v) is 14.8. The van der Waals surface area contributed by atoms with E-state index in [1.165, 1.54) is 17.0 Å². The van der Waals surface area contributed by atoms with Gasteiger partial charge in [-0.2, -0.15) is 0 Å². The fourth-order valence-corrected chi connectivity index (χ4v) is 3.23. The molecule has 1 saturated heterocycles. The van der Waals surface area contributed by atoms with Crippen molar-refractivity contribution < 1.29 is 14.7 Å². The Morgan fingerprint density at radius 1 is 1.00 bits per heavy atom. The average Bonchev–Trinajstić information content (AvgIpc) is 2.69. The van der Waals surface area contributed by atoms with Crippen molar-refractivity contribution in [1.82, 2.24) is 0 Å². The summed E-state index contributed by atoms with van der Waals surface area (Å²) in [6.45, 7) is 3.95. The Kier molecular flexibility index (Phi) is 5.77. The number of nitro groups is 2. The van der Waals surface area contributed by atoms with E-state index < -0.39 is 9.85 Å². The minimum Gasteiger partial charge on any atom is -0.355 e. The van der Waals surface area contributed by atoms with Crippen molar-refractivity contribution in [3.8, 4) is 0 Å². The van der Waals surface area contributed by atoms with E-state index in [1.54, 1.807) is 0 Å². The molecule has 0 amide bonds. The Balaban J connectivity index is 1.61. The minimum absolute atomic E-state index is 0.211. The number of rotatable bonds is 6. The second kappa shape index (κ2) is 8.41.